The highest BCUT2D eigenvalue weighted by Gasteiger charge is 2.23. The molecule has 0 heterocycles. The first-order chi connectivity index (χ1) is 13.0. The zero-order chi connectivity index (χ0) is 19.6. The van der Waals surface area contributed by atoms with Gasteiger partial charge in [0.1, 0.15) is 12.6 Å². The molecule has 1 N–H and O–H groups in total. The molecule has 0 aliphatic heterocycles. The van der Waals surface area contributed by atoms with Crippen LogP contribution in [0.4, 0.5) is 0 Å². The molecule has 0 spiro atoms. The second-order valence-corrected chi connectivity index (χ2v) is 7.11. The van der Waals surface area contributed by atoms with Gasteiger partial charge in [0.15, 0.2) is 0 Å². The van der Waals surface area contributed by atoms with E-state index in [-0.39, 0.29) is 12.5 Å². The number of amides is 1. The number of nitrogens with one attached hydrogen (secondary N) is 1. The predicted molar refractivity (Wildman–Crippen MR) is 107 cm³/mol. The zero-order valence-corrected chi connectivity index (χ0v) is 16.3. The van der Waals surface area contributed by atoms with Gasteiger partial charge in [-0.2, -0.15) is 17.0 Å². The van der Waals surface area contributed by atoms with Crippen molar-refractivity contribution in [1.82, 2.24) is 5.32 Å². The van der Waals surface area contributed by atoms with Crippen molar-refractivity contribution in [3.63, 3.8) is 0 Å². The van der Waals surface area contributed by atoms with Crippen LogP contribution in [-0.4, -0.2) is 29.9 Å². The summed E-state index contributed by atoms with van der Waals surface area (Å²) in [6, 6.07) is 14.6. The van der Waals surface area contributed by atoms with E-state index in [9.17, 15) is 9.59 Å². The largest absolute Gasteiger partial charge is 0.459 e. The maximum absolute atomic E-state index is 12.5. The Hall–Kier alpha value is -2.49. The average molecular weight is 403 g/mol. The standard InChI is InChI=1S/C20H19ClN2O3S/c1-27-11-10-18(23-19(24)14-6-8-17(21)9-7-14)20(25)26-13-16-5-3-2-4-15(16)12-22/h2-9,18H,10-11,13H2,1H3,(H,23,24)/t18-/m0/s1. The van der Waals surface area contributed by atoms with E-state index in [1.807, 2.05) is 6.26 Å². The Labute approximate surface area is 167 Å². The van der Waals surface area contributed by atoms with E-state index >= 15 is 0 Å². The lowest BCUT2D eigenvalue weighted by Gasteiger charge is -2.17. The van der Waals surface area contributed by atoms with Crippen molar-refractivity contribution in [3.05, 3.63) is 70.2 Å². The second-order valence-electron chi connectivity index (χ2n) is 5.69. The van der Waals surface area contributed by atoms with Crippen LogP contribution in [0.2, 0.25) is 5.02 Å². The molecule has 5 nitrogen and oxygen atoms in total. The number of hydrogen-bond acceptors (Lipinski definition) is 5. The number of ether oxygens (including phenoxy) is 1. The van der Waals surface area contributed by atoms with Crippen LogP contribution in [0.3, 0.4) is 0 Å². The number of carbonyl (C=O) groups is 2. The van der Waals surface area contributed by atoms with Crippen LogP contribution < -0.4 is 5.32 Å². The molecule has 0 radical (unpaired) electrons. The molecule has 2 aromatic carbocycles. The summed E-state index contributed by atoms with van der Waals surface area (Å²) >= 11 is 7.41. The van der Waals surface area contributed by atoms with Gasteiger partial charge in [-0.25, -0.2) is 4.79 Å². The van der Waals surface area contributed by atoms with Gasteiger partial charge >= 0.3 is 5.97 Å². The minimum absolute atomic E-state index is 0.0187. The highest BCUT2D eigenvalue weighted by molar-refractivity contribution is 7.98. The minimum atomic E-state index is -0.769. The molecule has 1 atom stereocenters. The SMILES string of the molecule is CSCC[C@H](NC(=O)c1ccc(Cl)cc1)C(=O)OCc1ccccc1C#N. The Kier molecular flexibility index (Phi) is 8.18. The van der Waals surface area contributed by atoms with E-state index in [1.165, 1.54) is 0 Å². The van der Waals surface area contributed by atoms with Crippen LogP contribution in [-0.2, 0) is 16.1 Å². The lowest BCUT2D eigenvalue weighted by molar-refractivity contribution is -0.147. The quantitative estimate of drug-likeness (QED) is 0.679. The summed E-state index contributed by atoms with van der Waals surface area (Å²) in [7, 11) is 0. The van der Waals surface area contributed by atoms with Crippen molar-refractivity contribution < 1.29 is 14.3 Å². The van der Waals surface area contributed by atoms with E-state index < -0.39 is 12.0 Å². The van der Waals surface area contributed by atoms with Crippen molar-refractivity contribution in [2.45, 2.75) is 19.1 Å². The first kappa shape index (κ1) is 20.8. The number of halogens is 1. The molecule has 140 valence electrons. The molecule has 0 aromatic heterocycles. The molecule has 0 fully saturated rings. The molecule has 0 saturated heterocycles. The number of nitrogens with zero attached hydrogens (tertiary/aromatic N) is 1. The predicted octanol–water partition coefficient (Wildman–Crippen LogP) is 3.81. The normalized spacial score (nSPS) is 11.3. The fourth-order valence-corrected chi connectivity index (χ4v) is 2.93. The van der Waals surface area contributed by atoms with Gasteiger partial charge in [0, 0.05) is 16.1 Å². The average Bonchev–Trinajstić information content (AvgIpc) is 2.69. The van der Waals surface area contributed by atoms with Gasteiger partial charge in [-0.3, -0.25) is 4.79 Å². The van der Waals surface area contributed by atoms with Crippen molar-refractivity contribution in [2.24, 2.45) is 0 Å². The summed E-state index contributed by atoms with van der Waals surface area (Å²) < 4.78 is 5.35. The van der Waals surface area contributed by atoms with Crippen LogP contribution in [0.15, 0.2) is 48.5 Å². The number of thioether (sulfide) groups is 1. The number of rotatable bonds is 8. The fourth-order valence-electron chi connectivity index (χ4n) is 2.33. The first-order valence-electron chi connectivity index (χ1n) is 8.25. The lowest BCUT2D eigenvalue weighted by Crippen LogP contribution is -2.42. The Morgan fingerprint density at radius 3 is 2.59 bits per heavy atom. The van der Waals surface area contributed by atoms with E-state index in [2.05, 4.69) is 11.4 Å². The van der Waals surface area contributed by atoms with Crippen LogP contribution in [0.25, 0.3) is 0 Å². The number of hydrogen-bond donors (Lipinski definition) is 1. The molecule has 2 rings (SSSR count). The Morgan fingerprint density at radius 2 is 1.93 bits per heavy atom. The molecule has 7 heteroatoms. The number of carbonyl (C=O) groups excluding carboxylic acids is 2. The number of esters is 1. The fraction of sp³-hybridized carbons (Fsp3) is 0.250. The molecular weight excluding hydrogens is 384 g/mol. The van der Waals surface area contributed by atoms with E-state index in [0.29, 0.717) is 33.9 Å². The molecule has 0 saturated carbocycles. The third kappa shape index (κ3) is 6.31. The summed E-state index contributed by atoms with van der Waals surface area (Å²) in [6.07, 6.45) is 2.37. The summed E-state index contributed by atoms with van der Waals surface area (Å²) in [5.74, 6) is -0.207. The van der Waals surface area contributed by atoms with Crippen LogP contribution in [0.1, 0.15) is 27.9 Å². The monoisotopic (exact) mass is 402 g/mol. The molecular formula is C20H19ClN2O3S. The Balaban J connectivity index is 2.03. The maximum atomic E-state index is 12.5. The van der Waals surface area contributed by atoms with Crippen LogP contribution >= 0.6 is 23.4 Å². The summed E-state index contributed by atoms with van der Waals surface area (Å²) in [5, 5.41) is 12.4. The highest BCUT2D eigenvalue weighted by atomic mass is 35.5. The van der Waals surface area contributed by atoms with E-state index in [0.717, 1.165) is 0 Å². The first-order valence-corrected chi connectivity index (χ1v) is 10.0. The molecule has 27 heavy (non-hydrogen) atoms. The second kappa shape index (κ2) is 10.6. The third-order valence-corrected chi connectivity index (χ3v) is 4.71. The summed E-state index contributed by atoms with van der Waals surface area (Å²) in [6.45, 7) is -0.0187. The van der Waals surface area contributed by atoms with Gasteiger partial charge in [0.2, 0.25) is 0 Å². The smallest absolute Gasteiger partial charge is 0.329 e. The van der Waals surface area contributed by atoms with Crippen molar-refractivity contribution >= 4 is 35.2 Å². The molecule has 1 amide bonds. The van der Waals surface area contributed by atoms with Gasteiger partial charge in [-0.05, 0) is 48.8 Å². The molecule has 0 aliphatic carbocycles. The Bertz CT molecular complexity index is 834. The van der Waals surface area contributed by atoms with Crippen LogP contribution in [0.5, 0.6) is 0 Å². The molecule has 2 aromatic rings. The lowest BCUT2D eigenvalue weighted by atomic mass is 10.1. The molecule has 0 aliphatic rings. The number of nitriles is 1. The molecule has 0 bridgehead atoms. The summed E-state index contributed by atoms with van der Waals surface area (Å²) in [5.41, 5.74) is 1.49. The van der Waals surface area contributed by atoms with E-state index in [1.54, 1.807) is 60.3 Å². The third-order valence-electron chi connectivity index (χ3n) is 3.81. The Morgan fingerprint density at radius 1 is 1.22 bits per heavy atom. The molecule has 0 unspecified atom stereocenters. The van der Waals surface area contributed by atoms with Crippen LogP contribution in [0, 0.1) is 11.3 Å². The summed E-state index contributed by atoms with van der Waals surface area (Å²) in [4.78, 5) is 24.9. The van der Waals surface area contributed by atoms with Gasteiger partial charge < -0.3 is 10.1 Å². The van der Waals surface area contributed by atoms with Gasteiger partial charge in [0.05, 0.1) is 11.6 Å². The topological polar surface area (TPSA) is 79.2 Å². The maximum Gasteiger partial charge on any atom is 0.329 e. The van der Waals surface area contributed by atoms with Crippen molar-refractivity contribution in [3.8, 4) is 6.07 Å². The van der Waals surface area contributed by atoms with Gasteiger partial charge in [-0.15, -0.1) is 0 Å². The van der Waals surface area contributed by atoms with Gasteiger partial charge in [-0.1, -0.05) is 29.8 Å². The van der Waals surface area contributed by atoms with Crippen molar-refractivity contribution in [1.29, 1.82) is 5.26 Å². The minimum Gasteiger partial charge on any atom is -0.459 e. The van der Waals surface area contributed by atoms with E-state index in [4.69, 9.17) is 21.6 Å². The van der Waals surface area contributed by atoms with Gasteiger partial charge in [0.25, 0.3) is 5.91 Å². The zero-order valence-electron chi connectivity index (χ0n) is 14.8. The highest BCUT2D eigenvalue weighted by Crippen LogP contribution is 2.12. The number of benzene rings is 2. The van der Waals surface area contributed by atoms with Crippen molar-refractivity contribution in [2.75, 3.05) is 12.0 Å².